The second-order valence-electron chi connectivity index (χ2n) is 4.96. The predicted octanol–water partition coefficient (Wildman–Crippen LogP) is -1.24. The minimum atomic E-state index is -3.11. The maximum absolute atomic E-state index is 11.8. The molecule has 1 aliphatic rings. The summed E-state index contributed by atoms with van der Waals surface area (Å²) in [6.45, 7) is 5.85. The van der Waals surface area contributed by atoms with Crippen molar-refractivity contribution in [2.24, 2.45) is 0 Å². The van der Waals surface area contributed by atoms with E-state index in [2.05, 4.69) is 19.8 Å². The van der Waals surface area contributed by atoms with Crippen LogP contribution in [0.15, 0.2) is 0 Å². The summed E-state index contributed by atoms with van der Waals surface area (Å²) in [7, 11) is 0.861. The number of rotatable bonds is 8. The zero-order valence-corrected chi connectivity index (χ0v) is 12.3. The Labute approximate surface area is 111 Å². The van der Waals surface area contributed by atoms with Crippen molar-refractivity contribution < 1.29 is 8.42 Å². The Morgan fingerprint density at radius 2 is 1.94 bits per heavy atom. The molecular formula is C11H26N4O2S. The summed E-state index contributed by atoms with van der Waals surface area (Å²) >= 11 is 0. The van der Waals surface area contributed by atoms with E-state index in [1.165, 1.54) is 0 Å². The van der Waals surface area contributed by atoms with Crippen molar-refractivity contribution in [1.29, 1.82) is 0 Å². The molecule has 0 amide bonds. The molecule has 18 heavy (non-hydrogen) atoms. The van der Waals surface area contributed by atoms with Gasteiger partial charge in [0, 0.05) is 39.3 Å². The van der Waals surface area contributed by atoms with Gasteiger partial charge in [-0.2, -0.15) is 0 Å². The molecule has 6 nitrogen and oxygen atoms in total. The Bertz CT molecular complexity index is 313. The first kappa shape index (κ1) is 15.8. The smallest absolute Gasteiger partial charge is 0.212 e. The number of hydrogen-bond acceptors (Lipinski definition) is 5. The first-order valence-electron chi connectivity index (χ1n) is 6.55. The van der Waals surface area contributed by atoms with Gasteiger partial charge in [-0.1, -0.05) is 0 Å². The van der Waals surface area contributed by atoms with Crippen molar-refractivity contribution in [3.05, 3.63) is 0 Å². The molecule has 1 fully saturated rings. The van der Waals surface area contributed by atoms with Crippen LogP contribution >= 0.6 is 0 Å². The van der Waals surface area contributed by atoms with E-state index in [4.69, 9.17) is 0 Å². The molecule has 0 aliphatic carbocycles. The van der Waals surface area contributed by atoms with Crippen LogP contribution in [0.3, 0.4) is 0 Å². The van der Waals surface area contributed by atoms with E-state index in [-0.39, 0.29) is 5.75 Å². The van der Waals surface area contributed by atoms with Crippen molar-refractivity contribution >= 4 is 10.0 Å². The molecule has 1 saturated heterocycles. The van der Waals surface area contributed by atoms with E-state index in [1.54, 1.807) is 0 Å². The lowest BCUT2D eigenvalue weighted by Crippen LogP contribution is -2.46. The molecule has 0 aromatic rings. The summed E-state index contributed by atoms with van der Waals surface area (Å²) in [4.78, 5) is 4.24. The molecule has 0 bridgehead atoms. The lowest BCUT2D eigenvalue weighted by molar-refractivity contribution is 0.253. The van der Waals surface area contributed by atoms with E-state index in [1.807, 2.05) is 14.1 Å². The molecule has 1 heterocycles. The van der Waals surface area contributed by atoms with Crippen LogP contribution in [0.2, 0.25) is 0 Å². The predicted molar refractivity (Wildman–Crippen MR) is 74.3 cm³/mol. The number of nitrogens with zero attached hydrogens (tertiary/aromatic N) is 2. The number of piperazine rings is 1. The van der Waals surface area contributed by atoms with Crippen LogP contribution in [0.25, 0.3) is 0 Å². The fourth-order valence-electron chi connectivity index (χ4n) is 1.88. The van der Waals surface area contributed by atoms with Gasteiger partial charge in [-0.15, -0.1) is 0 Å². The summed E-state index contributed by atoms with van der Waals surface area (Å²) < 4.78 is 26.2. The van der Waals surface area contributed by atoms with Crippen LogP contribution in [0.4, 0.5) is 0 Å². The van der Waals surface area contributed by atoms with Gasteiger partial charge in [-0.3, -0.25) is 4.90 Å². The molecule has 1 aliphatic heterocycles. The van der Waals surface area contributed by atoms with Crippen molar-refractivity contribution in [3.63, 3.8) is 0 Å². The zero-order chi connectivity index (χ0) is 13.4. The maximum Gasteiger partial charge on any atom is 0.212 e. The van der Waals surface area contributed by atoms with E-state index in [0.717, 1.165) is 39.1 Å². The third-order valence-corrected chi connectivity index (χ3v) is 4.35. The topological polar surface area (TPSA) is 64.7 Å². The Morgan fingerprint density at radius 1 is 1.28 bits per heavy atom. The Hall–Kier alpha value is -0.210. The molecule has 2 N–H and O–H groups in total. The lowest BCUT2D eigenvalue weighted by Gasteiger charge is -2.26. The summed E-state index contributed by atoms with van der Waals surface area (Å²) in [5, 5.41) is 3.25. The molecule has 7 heteroatoms. The molecule has 1 rings (SSSR count). The van der Waals surface area contributed by atoms with Crippen molar-refractivity contribution in [2.45, 2.75) is 6.42 Å². The minimum absolute atomic E-state index is 0.203. The number of nitrogens with one attached hydrogen (secondary N) is 2. The van der Waals surface area contributed by atoms with Gasteiger partial charge in [0.2, 0.25) is 10.0 Å². The van der Waals surface area contributed by atoms with Gasteiger partial charge < -0.3 is 10.2 Å². The van der Waals surface area contributed by atoms with Gasteiger partial charge in [0.25, 0.3) is 0 Å². The van der Waals surface area contributed by atoms with Crippen LogP contribution in [0.1, 0.15) is 6.42 Å². The fraction of sp³-hybridized carbons (Fsp3) is 1.00. The Kier molecular flexibility index (Phi) is 7.10. The third-order valence-electron chi connectivity index (χ3n) is 2.99. The molecule has 0 aromatic carbocycles. The second kappa shape index (κ2) is 8.06. The average molecular weight is 278 g/mol. The van der Waals surface area contributed by atoms with Crippen molar-refractivity contribution in [2.75, 3.05) is 65.7 Å². The van der Waals surface area contributed by atoms with Crippen LogP contribution in [0.5, 0.6) is 0 Å². The highest BCUT2D eigenvalue weighted by Crippen LogP contribution is 1.94. The molecule has 0 radical (unpaired) electrons. The minimum Gasteiger partial charge on any atom is -0.314 e. The quantitative estimate of drug-likeness (QED) is 0.544. The standard InChI is InChI=1S/C11H26N4O2S/c1-14(2)7-3-4-13-18(16,17)11-10-15-8-5-12-6-9-15/h12-13H,3-11H2,1-2H3. The van der Waals surface area contributed by atoms with Gasteiger partial charge in [0.1, 0.15) is 0 Å². The van der Waals surface area contributed by atoms with Crippen molar-refractivity contribution in [3.8, 4) is 0 Å². The Balaban J connectivity index is 2.14. The van der Waals surface area contributed by atoms with Crippen molar-refractivity contribution in [1.82, 2.24) is 19.8 Å². The molecule has 0 spiro atoms. The second-order valence-corrected chi connectivity index (χ2v) is 6.89. The van der Waals surface area contributed by atoms with E-state index < -0.39 is 10.0 Å². The lowest BCUT2D eigenvalue weighted by atomic mass is 10.4. The summed E-state index contributed by atoms with van der Waals surface area (Å²) in [5.74, 6) is 0.203. The van der Waals surface area contributed by atoms with Crippen LogP contribution < -0.4 is 10.0 Å². The molecular weight excluding hydrogens is 252 g/mol. The van der Waals surface area contributed by atoms with Crippen LogP contribution in [0, 0.1) is 0 Å². The number of hydrogen-bond donors (Lipinski definition) is 2. The third kappa shape index (κ3) is 7.27. The first-order chi connectivity index (χ1) is 8.49. The molecule has 108 valence electrons. The van der Waals surface area contributed by atoms with Crippen LogP contribution in [-0.4, -0.2) is 83.9 Å². The van der Waals surface area contributed by atoms with Crippen LogP contribution in [-0.2, 0) is 10.0 Å². The largest absolute Gasteiger partial charge is 0.314 e. The SMILES string of the molecule is CN(C)CCCNS(=O)(=O)CCN1CCNCC1. The molecule has 0 saturated carbocycles. The highest BCUT2D eigenvalue weighted by atomic mass is 32.2. The first-order valence-corrected chi connectivity index (χ1v) is 8.20. The molecule has 0 atom stereocenters. The van der Waals surface area contributed by atoms with Gasteiger partial charge in [0.15, 0.2) is 0 Å². The summed E-state index contributed by atoms with van der Waals surface area (Å²) in [6, 6.07) is 0. The van der Waals surface area contributed by atoms with E-state index >= 15 is 0 Å². The average Bonchev–Trinajstić information content (AvgIpc) is 2.34. The summed E-state index contributed by atoms with van der Waals surface area (Å²) in [5.41, 5.74) is 0. The van der Waals surface area contributed by atoms with Gasteiger partial charge in [0.05, 0.1) is 5.75 Å². The highest BCUT2D eigenvalue weighted by molar-refractivity contribution is 7.89. The number of sulfonamides is 1. The normalized spacial score (nSPS) is 18.4. The summed E-state index contributed by atoms with van der Waals surface area (Å²) in [6.07, 6.45) is 0.847. The molecule has 0 unspecified atom stereocenters. The monoisotopic (exact) mass is 278 g/mol. The van der Waals surface area contributed by atoms with Gasteiger partial charge in [-0.05, 0) is 27.1 Å². The van der Waals surface area contributed by atoms with Gasteiger partial charge in [-0.25, -0.2) is 13.1 Å². The van der Waals surface area contributed by atoms with E-state index in [0.29, 0.717) is 13.1 Å². The molecule has 0 aromatic heterocycles. The van der Waals surface area contributed by atoms with Gasteiger partial charge >= 0.3 is 0 Å². The fourth-order valence-corrected chi connectivity index (χ4v) is 2.98. The Morgan fingerprint density at radius 3 is 2.56 bits per heavy atom. The van der Waals surface area contributed by atoms with E-state index in [9.17, 15) is 8.42 Å². The highest BCUT2D eigenvalue weighted by Gasteiger charge is 2.14. The zero-order valence-electron chi connectivity index (χ0n) is 11.5. The maximum atomic E-state index is 11.8.